The summed E-state index contributed by atoms with van der Waals surface area (Å²) in [4.78, 5) is 1.12. The van der Waals surface area contributed by atoms with Gasteiger partial charge >= 0.3 is 0 Å². The first-order valence-corrected chi connectivity index (χ1v) is 9.71. The van der Waals surface area contributed by atoms with Crippen LogP contribution in [0.4, 0.5) is 0 Å². The number of hydrogen-bond acceptors (Lipinski definition) is 5. The van der Waals surface area contributed by atoms with E-state index in [9.17, 15) is 0 Å². The molecule has 0 aliphatic heterocycles. The van der Waals surface area contributed by atoms with Gasteiger partial charge in [0.05, 0.1) is 26.2 Å². The highest BCUT2D eigenvalue weighted by Gasteiger charge is 2.13. The molecular formula is C21H30ClNO3S. The maximum atomic E-state index is 5.60. The van der Waals surface area contributed by atoms with Crippen LogP contribution in [-0.4, -0.2) is 33.1 Å². The molecule has 2 rings (SSSR count). The van der Waals surface area contributed by atoms with E-state index in [2.05, 4.69) is 37.4 Å². The van der Waals surface area contributed by atoms with E-state index in [-0.39, 0.29) is 12.4 Å². The van der Waals surface area contributed by atoms with Crippen molar-refractivity contribution in [1.82, 2.24) is 5.32 Å². The van der Waals surface area contributed by atoms with E-state index in [1.807, 2.05) is 18.2 Å². The van der Waals surface area contributed by atoms with Crippen molar-refractivity contribution in [3.05, 3.63) is 47.5 Å². The average molecular weight is 412 g/mol. The second kappa shape index (κ2) is 12.0. The van der Waals surface area contributed by atoms with Gasteiger partial charge in [0.15, 0.2) is 0 Å². The third-order valence-corrected chi connectivity index (χ3v) is 5.05. The SMILES string of the molecule is COc1cc(SC(C)C)c(OC)cc1CCNCc1ccccc1OC.Cl. The lowest BCUT2D eigenvalue weighted by Crippen LogP contribution is -2.17. The lowest BCUT2D eigenvalue weighted by Gasteiger charge is -2.16. The monoisotopic (exact) mass is 411 g/mol. The second-order valence-corrected chi connectivity index (χ2v) is 7.84. The average Bonchev–Trinajstić information content (AvgIpc) is 2.65. The number of benzene rings is 2. The molecule has 6 heteroatoms. The van der Waals surface area contributed by atoms with Crippen LogP contribution in [0.15, 0.2) is 41.3 Å². The molecule has 0 saturated heterocycles. The topological polar surface area (TPSA) is 39.7 Å². The minimum Gasteiger partial charge on any atom is -0.496 e. The Hall–Kier alpha value is -1.56. The fraction of sp³-hybridized carbons (Fsp3) is 0.429. The molecule has 4 nitrogen and oxygen atoms in total. The van der Waals surface area contributed by atoms with Crippen LogP contribution in [0, 0.1) is 0 Å². The molecule has 0 aromatic heterocycles. The molecule has 1 N–H and O–H groups in total. The summed E-state index contributed by atoms with van der Waals surface area (Å²) >= 11 is 1.78. The number of methoxy groups -OCH3 is 3. The Morgan fingerprint density at radius 1 is 0.889 bits per heavy atom. The fourth-order valence-corrected chi connectivity index (χ4v) is 3.71. The van der Waals surface area contributed by atoms with E-state index in [1.165, 1.54) is 0 Å². The minimum atomic E-state index is 0. The molecule has 0 bridgehead atoms. The van der Waals surface area contributed by atoms with E-state index in [1.54, 1.807) is 33.1 Å². The highest BCUT2D eigenvalue weighted by Crippen LogP contribution is 2.37. The van der Waals surface area contributed by atoms with Gasteiger partial charge in [-0.1, -0.05) is 32.0 Å². The van der Waals surface area contributed by atoms with Gasteiger partial charge in [-0.25, -0.2) is 0 Å². The normalized spacial score (nSPS) is 10.4. The van der Waals surface area contributed by atoms with Crippen molar-refractivity contribution in [2.24, 2.45) is 0 Å². The van der Waals surface area contributed by atoms with Crippen molar-refractivity contribution in [3.63, 3.8) is 0 Å². The van der Waals surface area contributed by atoms with Crippen molar-refractivity contribution >= 4 is 24.2 Å². The summed E-state index contributed by atoms with van der Waals surface area (Å²) in [6.45, 7) is 5.96. The lowest BCUT2D eigenvalue weighted by atomic mass is 10.1. The second-order valence-electron chi connectivity index (χ2n) is 6.22. The zero-order valence-electron chi connectivity index (χ0n) is 16.7. The van der Waals surface area contributed by atoms with Gasteiger partial charge in [-0.05, 0) is 36.7 Å². The molecule has 0 aliphatic rings. The summed E-state index contributed by atoms with van der Waals surface area (Å²) < 4.78 is 16.6. The number of ether oxygens (including phenoxy) is 3. The standard InChI is InChI=1S/C21H29NO3S.ClH/c1-15(2)26-21-13-19(24-4)16(12-20(21)25-5)10-11-22-14-17-8-6-7-9-18(17)23-3;/h6-9,12-13,15,22H,10-11,14H2,1-5H3;1H. The van der Waals surface area contributed by atoms with Crippen LogP contribution in [0.2, 0.25) is 0 Å². The van der Waals surface area contributed by atoms with Crippen LogP contribution in [-0.2, 0) is 13.0 Å². The molecule has 0 aliphatic carbocycles. The number of rotatable bonds is 10. The summed E-state index contributed by atoms with van der Waals surface area (Å²) in [7, 11) is 5.14. The molecule has 0 heterocycles. The van der Waals surface area contributed by atoms with Crippen molar-refractivity contribution in [1.29, 1.82) is 0 Å². The maximum absolute atomic E-state index is 5.60. The molecule has 0 atom stereocenters. The Bertz CT molecular complexity index is 710. The lowest BCUT2D eigenvalue weighted by molar-refractivity contribution is 0.390. The molecule has 0 unspecified atom stereocenters. The fourth-order valence-electron chi connectivity index (χ4n) is 2.77. The zero-order valence-corrected chi connectivity index (χ0v) is 18.3. The van der Waals surface area contributed by atoms with Crippen molar-refractivity contribution in [3.8, 4) is 17.2 Å². The van der Waals surface area contributed by atoms with Gasteiger partial charge in [0.1, 0.15) is 17.2 Å². The van der Waals surface area contributed by atoms with E-state index in [4.69, 9.17) is 14.2 Å². The highest BCUT2D eigenvalue weighted by molar-refractivity contribution is 8.00. The maximum Gasteiger partial charge on any atom is 0.132 e. The predicted molar refractivity (Wildman–Crippen MR) is 116 cm³/mol. The van der Waals surface area contributed by atoms with Crippen LogP contribution < -0.4 is 19.5 Å². The number of hydrogen-bond donors (Lipinski definition) is 1. The molecule has 0 radical (unpaired) electrons. The van der Waals surface area contributed by atoms with E-state index < -0.39 is 0 Å². The van der Waals surface area contributed by atoms with Crippen LogP contribution in [0.3, 0.4) is 0 Å². The van der Waals surface area contributed by atoms with Gasteiger partial charge in [-0.15, -0.1) is 24.2 Å². The summed E-state index contributed by atoms with van der Waals surface area (Å²) in [5, 5.41) is 3.97. The third-order valence-electron chi connectivity index (χ3n) is 4.01. The largest absolute Gasteiger partial charge is 0.496 e. The van der Waals surface area contributed by atoms with Gasteiger partial charge in [0, 0.05) is 17.4 Å². The third kappa shape index (κ3) is 6.83. The predicted octanol–water partition coefficient (Wildman–Crippen LogP) is 4.97. The number of halogens is 1. The molecule has 0 spiro atoms. The molecule has 0 fully saturated rings. The van der Waals surface area contributed by atoms with Crippen molar-refractivity contribution in [2.75, 3.05) is 27.9 Å². The number of thioether (sulfide) groups is 1. The Balaban J connectivity index is 0.00000364. The Labute approximate surface area is 173 Å². The summed E-state index contributed by atoms with van der Waals surface area (Å²) in [6.07, 6.45) is 0.862. The van der Waals surface area contributed by atoms with Gasteiger partial charge < -0.3 is 19.5 Å². The van der Waals surface area contributed by atoms with Crippen LogP contribution in [0.1, 0.15) is 25.0 Å². The minimum absolute atomic E-state index is 0. The van der Waals surface area contributed by atoms with Crippen molar-refractivity contribution < 1.29 is 14.2 Å². The first-order valence-electron chi connectivity index (χ1n) is 8.83. The van der Waals surface area contributed by atoms with Crippen LogP contribution in [0.5, 0.6) is 17.2 Å². The quantitative estimate of drug-likeness (QED) is 0.441. The van der Waals surface area contributed by atoms with Crippen molar-refractivity contribution in [2.45, 2.75) is 37.0 Å². The van der Waals surface area contributed by atoms with Gasteiger partial charge in [-0.2, -0.15) is 0 Å². The Morgan fingerprint density at radius 3 is 2.19 bits per heavy atom. The van der Waals surface area contributed by atoms with E-state index >= 15 is 0 Å². The van der Waals surface area contributed by atoms with Gasteiger partial charge in [0.2, 0.25) is 0 Å². The van der Waals surface area contributed by atoms with E-state index in [0.717, 1.165) is 52.8 Å². The first kappa shape index (κ1) is 23.5. The molecule has 0 amide bonds. The van der Waals surface area contributed by atoms with E-state index in [0.29, 0.717) is 5.25 Å². The smallest absolute Gasteiger partial charge is 0.132 e. The molecule has 2 aromatic carbocycles. The molecule has 27 heavy (non-hydrogen) atoms. The Kier molecular flexibility index (Phi) is 10.4. The molecular weight excluding hydrogens is 382 g/mol. The molecule has 150 valence electrons. The summed E-state index contributed by atoms with van der Waals surface area (Å²) in [5.74, 6) is 2.73. The van der Waals surface area contributed by atoms with Crippen LogP contribution >= 0.6 is 24.2 Å². The number of nitrogens with one attached hydrogen (secondary N) is 1. The van der Waals surface area contributed by atoms with Gasteiger partial charge in [0.25, 0.3) is 0 Å². The van der Waals surface area contributed by atoms with Gasteiger partial charge in [-0.3, -0.25) is 0 Å². The summed E-state index contributed by atoms with van der Waals surface area (Å²) in [5.41, 5.74) is 2.30. The molecule has 2 aromatic rings. The van der Waals surface area contributed by atoms with Crippen LogP contribution in [0.25, 0.3) is 0 Å². The first-order chi connectivity index (χ1) is 12.6. The number of para-hydroxylation sites is 1. The molecule has 0 saturated carbocycles. The zero-order chi connectivity index (χ0) is 18.9. The summed E-state index contributed by atoms with van der Waals surface area (Å²) in [6, 6.07) is 12.2. The Morgan fingerprint density at radius 2 is 1.56 bits per heavy atom. The highest BCUT2D eigenvalue weighted by atomic mass is 35.5.